The van der Waals surface area contributed by atoms with Crippen molar-refractivity contribution in [2.24, 2.45) is 0 Å². The zero-order valence-electron chi connectivity index (χ0n) is 11.5. The first-order valence-corrected chi connectivity index (χ1v) is 6.98. The lowest BCUT2D eigenvalue weighted by molar-refractivity contribution is -0.115. The van der Waals surface area contributed by atoms with Gasteiger partial charge in [0.25, 0.3) is 0 Å². The molecule has 3 rings (SSSR count). The number of anilines is 1. The lowest BCUT2D eigenvalue weighted by Crippen LogP contribution is -2.14. The molecule has 0 aliphatic carbocycles. The number of amides is 1. The number of fused-ring (bicyclic) bond motifs is 1. The van der Waals surface area contributed by atoms with Gasteiger partial charge in [0.2, 0.25) is 5.91 Å². The molecule has 0 radical (unpaired) electrons. The molecule has 5 heteroatoms. The second-order valence-electron chi connectivity index (χ2n) is 4.91. The Bertz CT molecular complexity index is 810. The number of aromatic nitrogens is 2. The van der Waals surface area contributed by atoms with E-state index in [1.807, 2.05) is 48.0 Å². The number of benzene rings is 1. The molecule has 1 N–H and O–H groups in total. The first kappa shape index (κ1) is 13.6. The number of para-hydroxylation sites is 1. The summed E-state index contributed by atoms with van der Waals surface area (Å²) in [5, 5.41) is 3.32. The molecule has 3 aromatic rings. The van der Waals surface area contributed by atoms with Gasteiger partial charge in [-0.1, -0.05) is 23.7 Å². The van der Waals surface area contributed by atoms with Crippen LogP contribution in [-0.4, -0.2) is 15.3 Å². The molecule has 2 aromatic heterocycles. The van der Waals surface area contributed by atoms with Gasteiger partial charge in [-0.25, -0.2) is 4.98 Å². The molecule has 0 atom stereocenters. The highest BCUT2D eigenvalue weighted by Gasteiger charge is 2.09. The van der Waals surface area contributed by atoms with Crippen molar-refractivity contribution in [2.75, 3.05) is 5.32 Å². The van der Waals surface area contributed by atoms with Crippen molar-refractivity contribution >= 4 is 28.8 Å². The van der Waals surface area contributed by atoms with Gasteiger partial charge in [-0.3, -0.25) is 4.79 Å². The predicted molar refractivity (Wildman–Crippen MR) is 83.7 cm³/mol. The van der Waals surface area contributed by atoms with E-state index in [9.17, 15) is 4.79 Å². The molecule has 0 aliphatic rings. The Morgan fingerprint density at radius 2 is 2.14 bits per heavy atom. The summed E-state index contributed by atoms with van der Waals surface area (Å²) < 4.78 is 1.91. The monoisotopic (exact) mass is 299 g/mol. The summed E-state index contributed by atoms with van der Waals surface area (Å²) in [6.45, 7) is 2.01. The molecule has 0 unspecified atom stereocenters. The van der Waals surface area contributed by atoms with Gasteiger partial charge in [0.1, 0.15) is 5.65 Å². The Morgan fingerprint density at radius 3 is 2.95 bits per heavy atom. The van der Waals surface area contributed by atoms with Crippen LogP contribution in [0.5, 0.6) is 0 Å². The number of aryl methyl sites for hydroxylation is 1. The molecule has 1 amide bonds. The molecule has 1 aromatic carbocycles. The van der Waals surface area contributed by atoms with Crippen LogP contribution >= 0.6 is 11.6 Å². The van der Waals surface area contributed by atoms with E-state index in [1.54, 1.807) is 12.1 Å². The number of rotatable bonds is 3. The maximum absolute atomic E-state index is 12.1. The highest BCUT2D eigenvalue weighted by atomic mass is 35.5. The van der Waals surface area contributed by atoms with Crippen LogP contribution in [0.25, 0.3) is 5.65 Å². The average molecular weight is 300 g/mol. The molecule has 0 bridgehead atoms. The summed E-state index contributed by atoms with van der Waals surface area (Å²) in [4.78, 5) is 16.5. The van der Waals surface area contributed by atoms with E-state index in [0.717, 1.165) is 16.9 Å². The first-order chi connectivity index (χ1) is 10.1. The van der Waals surface area contributed by atoms with Crippen LogP contribution in [0.2, 0.25) is 5.02 Å². The summed E-state index contributed by atoms with van der Waals surface area (Å²) in [5.74, 6) is -0.136. The number of carbonyl (C=O) groups is 1. The van der Waals surface area contributed by atoms with Gasteiger partial charge in [0, 0.05) is 12.4 Å². The topological polar surface area (TPSA) is 46.4 Å². The summed E-state index contributed by atoms with van der Waals surface area (Å²) in [5.41, 5.74) is 3.32. The quantitative estimate of drug-likeness (QED) is 0.805. The minimum absolute atomic E-state index is 0.136. The van der Waals surface area contributed by atoms with Crippen LogP contribution in [-0.2, 0) is 11.2 Å². The van der Waals surface area contributed by atoms with Crippen molar-refractivity contribution in [3.8, 4) is 0 Å². The highest BCUT2D eigenvalue weighted by Crippen LogP contribution is 2.20. The van der Waals surface area contributed by atoms with E-state index in [-0.39, 0.29) is 12.3 Å². The van der Waals surface area contributed by atoms with Crippen LogP contribution in [0.15, 0.2) is 48.8 Å². The number of hydrogen-bond acceptors (Lipinski definition) is 2. The number of pyridine rings is 1. The number of carbonyl (C=O) groups excluding carboxylic acids is 1. The van der Waals surface area contributed by atoms with Gasteiger partial charge in [0.15, 0.2) is 0 Å². The molecule has 106 valence electrons. The fraction of sp³-hybridized carbons (Fsp3) is 0.125. The van der Waals surface area contributed by atoms with Crippen molar-refractivity contribution < 1.29 is 4.79 Å². The van der Waals surface area contributed by atoms with Crippen LogP contribution in [0, 0.1) is 6.92 Å². The maximum Gasteiger partial charge on any atom is 0.230 e. The van der Waals surface area contributed by atoms with Crippen LogP contribution in [0.3, 0.4) is 0 Å². The minimum atomic E-state index is -0.136. The zero-order chi connectivity index (χ0) is 14.8. The van der Waals surface area contributed by atoms with Gasteiger partial charge < -0.3 is 9.72 Å². The third-order valence-corrected chi connectivity index (χ3v) is 3.48. The summed E-state index contributed by atoms with van der Waals surface area (Å²) in [7, 11) is 0. The number of nitrogens with zero attached hydrogens (tertiary/aromatic N) is 2. The van der Waals surface area contributed by atoms with Crippen molar-refractivity contribution in [2.45, 2.75) is 13.3 Å². The zero-order valence-corrected chi connectivity index (χ0v) is 12.3. The Morgan fingerprint density at radius 1 is 1.33 bits per heavy atom. The van der Waals surface area contributed by atoms with Crippen molar-refractivity contribution in [3.63, 3.8) is 0 Å². The molecule has 2 heterocycles. The molecule has 0 spiro atoms. The van der Waals surface area contributed by atoms with Crippen molar-refractivity contribution in [1.29, 1.82) is 0 Å². The summed E-state index contributed by atoms with van der Waals surface area (Å²) in [6.07, 6.45) is 4.01. The predicted octanol–water partition coefficient (Wildman–Crippen LogP) is 3.48. The van der Waals surface area contributed by atoms with Crippen molar-refractivity contribution in [3.05, 3.63) is 65.1 Å². The number of hydrogen-bond donors (Lipinski definition) is 1. The summed E-state index contributed by atoms with van der Waals surface area (Å²) >= 11 is 6.02. The van der Waals surface area contributed by atoms with Crippen LogP contribution in [0.4, 0.5) is 5.69 Å². The summed E-state index contributed by atoms with van der Waals surface area (Å²) in [6, 6.07) is 11.1. The van der Waals surface area contributed by atoms with Gasteiger partial charge >= 0.3 is 0 Å². The Kier molecular flexibility index (Phi) is 3.62. The molecule has 0 saturated carbocycles. The second kappa shape index (κ2) is 5.58. The van der Waals surface area contributed by atoms with E-state index in [4.69, 9.17) is 11.6 Å². The standard InChI is InChI=1S/C16H14ClN3O/c1-11-6-7-20-10-12(18-15(20)8-11)9-16(21)19-14-5-3-2-4-13(14)17/h2-8,10H,9H2,1H3,(H,19,21). The molecule has 0 fully saturated rings. The van der Waals surface area contributed by atoms with Crippen LogP contribution < -0.4 is 5.32 Å². The fourth-order valence-corrected chi connectivity index (χ4v) is 2.33. The Balaban J connectivity index is 1.75. The van der Waals surface area contributed by atoms with Gasteiger partial charge in [0.05, 0.1) is 22.8 Å². The molecule has 21 heavy (non-hydrogen) atoms. The second-order valence-corrected chi connectivity index (χ2v) is 5.31. The lowest BCUT2D eigenvalue weighted by Gasteiger charge is -2.05. The largest absolute Gasteiger partial charge is 0.324 e. The number of nitrogens with one attached hydrogen (secondary N) is 1. The highest BCUT2D eigenvalue weighted by molar-refractivity contribution is 6.33. The molecular weight excluding hydrogens is 286 g/mol. The Hall–Kier alpha value is -2.33. The van der Waals surface area contributed by atoms with Gasteiger partial charge in [-0.2, -0.15) is 0 Å². The average Bonchev–Trinajstić information content (AvgIpc) is 2.82. The minimum Gasteiger partial charge on any atom is -0.324 e. The maximum atomic E-state index is 12.1. The van der Waals surface area contributed by atoms with Gasteiger partial charge in [-0.05, 0) is 36.8 Å². The smallest absolute Gasteiger partial charge is 0.230 e. The fourth-order valence-electron chi connectivity index (χ4n) is 2.14. The number of imidazole rings is 1. The molecule has 0 saturated heterocycles. The molecule has 4 nitrogen and oxygen atoms in total. The van der Waals surface area contributed by atoms with E-state index in [2.05, 4.69) is 10.3 Å². The molecule has 0 aliphatic heterocycles. The first-order valence-electron chi connectivity index (χ1n) is 6.60. The van der Waals surface area contributed by atoms with Crippen LogP contribution in [0.1, 0.15) is 11.3 Å². The van der Waals surface area contributed by atoms with E-state index in [1.165, 1.54) is 0 Å². The van der Waals surface area contributed by atoms with E-state index < -0.39 is 0 Å². The SMILES string of the molecule is Cc1ccn2cc(CC(=O)Nc3ccccc3Cl)nc2c1. The van der Waals surface area contributed by atoms with E-state index in [0.29, 0.717) is 10.7 Å². The number of halogens is 1. The third-order valence-electron chi connectivity index (χ3n) is 3.16. The van der Waals surface area contributed by atoms with E-state index >= 15 is 0 Å². The molecular formula is C16H14ClN3O. The normalized spacial score (nSPS) is 10.8. The Labute approximate surface area is 127 Å². The third kappa shape index (κ3) is 3.06. The van der Waals surface area contributed by atoms with Crippen molar-refractivity contribution in [1.82, 2.24) is 9.38 Å². The lowest BCUT2D eigenvalue weighted by atomic mass is 10.3. The van der Waals surface area contributed by atoms with Gasteiger partial charge in [-0.15, -0.1) is 0 Å².